The van der Waals surface area contributed by atoms with Crippen LogP contribution in [0.3, 0.4) is 0 Å². The zero-order valence-electron chi connectivity index (χ0n) is 12.1. The quantitative estimate of drug-likeness (QED) is 0.441. The van der Waals surface area contributed by atoms with Crippen molar-refractivity contribution in [3.05, 3.63) is 17.5 Å². The number of amides is 1. The third kappa shape index (κ3) is 3.33. The Morgan fingerprint density at radius 3 is 3.00 bits per heavy atom. The minimum Gasteiger partial charge on any atom is -0.322 e. The standard InChI is InChI=1S/C14H19IN4O/c1-4-12-10-13-11(2)18(8-9-19(13)16-12)14(20)6-5-7-17(3)15/h10-11H,4,7-9H2,1-3H3. The Bertz CT molecular complexity index is 555. The van der Waals surface area contributed by atoms with E-state index in [1.807, 2.05) is 26.7 Å². The second kappa shape index (κ2) is 6.59. The van der Waals surface area contributed by atoms with E-state index in [0.717, 1.165) is 24.4 Å². The van der Waals surface area contributed by atoms with Crippen molar-refractivity contribution in [2.45, 2.75) is 32.9 Å². The van der Waals surface area contributed by atoms with Crippen LogP contribution < -0.4 is 0 Å². The Balaban J connectivity index is 2.11. The summed E-state index contributed by atoms with van der Waals surface area (Å²) < 4.78 is 3.93. The molecular formula is C14H19IN4O. The Morgan fingerprint density at radius 2 is 2.35 bits per heavy atom. The number of aromatic nitrogens is 2. The molecule has 0 saturated carbocycles. The molecule has 0 spiro atoms. The minimum atomic E-state index is -0.0961. The predicted molar refractivity (Wildman–Crippen MR) is 86.2 cm³/mol. The molecule has 0 bridgehead atoms. The maximum atomic E-state index is 12.2. The highest BCUT2D eigenvalue weighted by Gasteiger charge is 2.28. The Kier molecular flexibility index (Phi) is 5.05. The molecule has 1 atom stereocenters. The Labute approximate surface area is 133 Å². The van der Waals surface area contributed by atoms with Crippen molar-refractivity contribution in [3.63, 3.8) is 0 Å². The molecule has 1 unspecified atom stereocenters. The Morgan fingerprint density at radius 1 is 1.60 bits per heavy atom. The van der Waals surface area contributed by atoms with Gasteiger partial charge in [0.05, 0.1) is 30.5 Å². The van der Waals surface area contributed by atoms with Crippen molar-refractivity contribution in [3.8, 4) is 11.8 Å². The summed E-state index contributed by atoms with van der Waals surface area (Å²) in [6.07, 6.45) is 0.919. The number of hydrogen-bond donors (Lipinski definition) is 0. The topological polar surface area (TPSA) is 41.4 Å². The zero-order chi connectivity index (χ0) is 14.7. The van der Waals surface area contributed by atoms with Gasteiger partial charge in [-0.1, -0.05) is 12.8 Å². The molecule has 0 fully saturated rings. The van der Waals surface area contributed by atoms with E-state index < -0.39 is 0 Å². The van der Waals surface area contributed by atoms with Crippen LogP contribution in [0.15, 0.2) is 6.07 Å². The van der Waals surface area contributed by atoms with Crippen molar-refractivity contribution in [1.82, 2.24) is 17.8 Å². The molecule has 2 rings (SSSR count). The van der Waals surface area contributed by atoms with Gasteiger partial charge in [0.25, 0.3) is 5.91 Å². The van der Waals surface area contributed by atoms with Crippen LogP contribution in [0.1, 0.15) is 31.3 Å². The van der Waals surface area contributed by atoms with Gasteiger partial charge in [-0.15, -0.1) is 0 Å². The molecule has 1 aromatic heterocycles. The van der Waals surface area contributed by atoms with Gasteiger partial charge >= 0.3 is 0 Å². The van der Waals surface area contributed by atoms with E-state index >= 15 is 0 Å². The molecule has 2 heterocycles. The molecule has 0 radical (unpaired) electrons. The number of rotatable bonds is 2. The van der Waals surface area contributed by atoms with Crippen LogP contribution >= 0.6 is 22.9 Å². The molecule has 1 aliphatic heterocycles. The predicted octanol–water partition coefficient (Wildman–Crippen LogP) is 1.63. The fourth-order valence-corrected chi connectivity index (χ4v) is 2.47. The number of hydrogen-bond acceptors (Lipinski definition) is 3. The monoisotopic (exact) mass is 386 g/mol. The summed E-state index contributed by atoms with van der Waals surface area (Å²) in [6.45, 7) is 6.14. The van der Waals surface area contributed by atoms with Crippen LogP contribution in [-0.2, 0) is 17.8 Å². The minimum absolute atomic E-state index is 0.0377. The summed E-state index contributed by atoms with van der Waals surface area (Å²) >= 11 is 2.15. The lowest BCUT2D eigenvalue weighted by atomic mass is 10.1. The van der Waals surface area contributed by atoms with E-state index in [0.29, 0.717) is 13.1 Å². The second-order valence-electron chi connectivity index (χ2n) is 4.88. The second-order valence-corrected chi connectivity index (χ2v) is 6.52. The maximum Gasteiger partial charge on any atom is 0.299 e. The zero-order valence-corrected chi connectivity index (χ0v) is 14.2. The summed E-state index contributed by atoms with van der Waals surface area (Å²) in [5.41, 5.74) is 2.19. The smallest absolute Gasteiger partial charge is 0.299 e. The summed E-state index contributed by atoms with van der Waals surface area (Å²) in [4.78, 5) is 14.0. The van der Waals surface area contributed by atoms with Crippen molar-refractivity contribution in [2.75, 3.05) is 20.1 Å². The number of fused-ring (bicyclic) bond motifs is 1. The van der Waals surface area contributed by atoms with Crippen LogP contribution in [0.2, 0.25) is 0 Å². The van der Waals surface area contributed by atoms with Gasteiger partial charge < -0.3 is 4.90 Å². The van der Waals surface area contributed by atoms with Gasteiger partial charge in [0.2, 0.25) is 0 Å². The first-order chi connectivity index (χ1) is 9.52. The van der Waals surface area contributed by atoms with E-state index in [2.05, 4.69) is 52.8 Å². The molecule has 1 amide bonds. The van der Waals surface area contributed by atoms with Crippen LogP contribution in [-0.4, -0.2) is 43.8 Å². The molecule has 0 aliphatic carbocycles. The van der Waals surface area contributed by atoms with Gasteiger partial charge in [0.1, 0.15) is 0 Å². The van der Waals surface area contributed by atoms with Crippen LogP contribution in [0, 0.1) is 11.8 Å². The van der Waals surface area contributed by atoms with Crippen LogP contribution in [0.4, 0.5) is 0 Å². The Hall–Kier alpha value is -1.07. The fraction of sp³-hybridized carbons (Fsp3) is 0.571. The van der Waals surface area contributed by atoms with Crippen molar-refractivity contribution >= 4 is 28.8 Å². The SMILES string of the molecule is CCc1cc2n(n1)CCN(C(=O)C#CCN(C)I)C2C. The maximum absolute atomic E-state index is 12.2. The largest absolute Gasteiger partial charge is 0.322 e. The molecule has 6 heteroatoms. The van der Waals surface area contributed by atoms with Crippen LogP contribution in [0.25, 0.3) is 0 Å². The molecule has 1 aliphatic rings. The van der Waals surface area contributed by atoms with Gasteiger partial charge in [-0.25, -0.2) is 3.11 Å². The van der Waals surface area contributed by atoms with Crippen molar-refractivity contribution in [1.29, 1.82) is 0 Å². The average molecular weight is 386 g/mol. The molecule has 5 nitrogen and oxygen atoms in total. The molecule has 1 aromatic rings. The first-order valence-electron chi connectivity index (χ1n) is 6.76. The summed E-state index contributed by atoms with van der Waals surface area (Å²) in [5, 5.41) is 4.53. The highest BCUT2D eigenvalue weighted by molar-refractivity contribution is 14.1. The van der Waals surface area contributed by atoms with E-state index in [1.54, 1.807) is 0 Å². The number of nitrogens with zero attached hydrogens (tertiary/aromatic N) is 4. The van der Waals surface area contributed by atoms with Gasteiger partial charge in [-0.2, -0.15) is 5.10 Å². The normalized spacial score (nSPS) is 17.6. The lowest BCUT2D eigenvalue weighted by molar-refractivity contribution is -0.128. The summed E-state index contributed by atoms with van der Waals surface area (Å²) in [5.74, 6) is 5.53. The van der Waals surface area contributed by atoms with E-state index in [4.69, 9.17) is 0 Å². The average Bonchev–Trinajstić information content (AvgIpc) is 2.82. The first-order valence-corrected chi connectivity index (χ1v) is 7.72. The van der Waals surface area contributed by atoms with Gasteiger partial charge in [0.15, 0.2) is 0 Å². The number of aryl methyl sites for hydroxylation is 1. The van der Waals surface area contributed by atoms with Crippen molar-refractivity contribution in [2.24, 2.45) is 0 Å². The number of halogens is 1. The third-order valence-electron chi connectivity index (χ3n) is 3.43. The first kappa shape index (κ1) is 15.3. The molecule has 0 N–H and O–H groups in total. The molecule has 108 valence electrons. The highest BCUT2D eigenvalue weighted by Crippen LogP contribution is 2.25. The highest BCUT2D eigenvalue weighted by atomic mass is 127. The molecule has 0 aromatic carbocycles. The van der Waals surface area contributed by atoms with E-state index in [1.165, 1.54) is 0 Å². The fourth-order valence-electron chi connectivity index (χ4n) is 2.30. The third-order valence-corrected chi connectivity index (χ3v) is 3.77. The molecule has 0 saturated heterocycles. The lowest BCUT2D eigenvalue weighted by Gasteiger charge is -2.32. The van der Waals surface area contributed by atoms with Crippen molar-refractivity contribution < 1.29 is 4.79 Å². The molecule has 20 heavy (non-hydrogen) atoms. The number of carbonyl (C=O) groups excluding carboxylic acids is 1. The van der Waals surface area contributed by atoms with E-state index in [-0.39, 0.29) is 11.9 Å². The van der Waals surface area contributed by atoms with Gasteiger partial charge in [-0.3, -0.25) is 9.48 Å². The number of carbonyl (C=O) groups is 1. The summed E-state index contributed by atoms with van der Waals surface area (Å²) in [7, 11) is 1.92. The molecular weight excluding hydrogens is 367 g/mol. The summed E-state index contributed by atoms with van der Waals surface area (Å²) in [6, 6.07) is 2.13. The van der Waals surface area contributed by atoms with Gasteiger partial charge in [0, 0.05) is 29.4 Å². The lowest BCUT2D eigenvalue weighted by Crippen LogP contribution is -2.40. The van der Waals surface area contributed by atoms with E-state index in [9.17, 15) is 4.79 Å². The van der Waals surface area contributed by atoms with Gasteiger partial charge in [-0.05, 0) is 32.4 Å². The van der Waals surface area contributed by atoms with Crippen LogP contribution in [0.5, 0.6) is 0 Å².